The highest BCUT2D eigenvalue weighted by molar-refractivity contribution is 6.35. The fraction of sp³-hybridized carbons (Fsp3) is 0.200. The topological polar surface area (TPSA) is 18.5 Å². The Labute approximate surface area is 138 Å². The molecule has 3 rings (SSSR count). The molecule has 0 saturated carbocycles. The van der Waals surface area contributed by atoms with Gasteiger partial charge in [0.1, 0.15) is 13.6 Å². The van der Waals surface area contributed by atoms with Gasteiger partial charge in [-0.15, -0.1) is 0 Å². The molecule has 0 heterocycles. The van der Waals surface area contributed by atoms with Crippen LogP contribution in [0, 0.1) is 13.8 Å². The van der Waals surface area contributed by atoms with Gasteiger partial charge < -0.3 is 9.47 Å². The molecule has 0 saturated heterocycles. The van der Waals surface area contributed by atoms with Crippen molar-refractivity contribution in [3.05, 3.63) is 59.7 Å². The smallest absolute Gasteiger partial charge is 0.188 e. The molecule has 2 nitrogen and oxygen atoms in total. The van der Waals surface area contributed by atoms with Crippen LogP contribution in [0.2, 0.25) is 0 Å². The molecule has 23 heavy (non-hydrogen) atoms. The summed E-state index contributed by atoms with van der Waals surface area (Å²) in [6.07, 6.45) is 0. The summed E-state index contributed by atoms with van der Waals surface area (Å²) in [4.78, 5) is 0. The Hall–Kier alpha value is -2.26. The fourth-order valence-corrected chi connectivity index (χ4v) is 3.19. The number of hydrogen-bond acceptors (Lipinski definition) is 2. The summed E-state index contributed by atoms with van der Waals surface area (Å²) >= 11 is 0. The summed E-state index contributed by atoms with van der Waals surface area (Å²) in [6.45, 7) is 4.53. The molecule has 0 aliphatic rings. The van der Waals surface area contributed by atoms with Crippen molar-refractivity contribution < 1.29 is 9.47 Å². The molecule has 0 atom stereocenters. The fourth-order valence-electron chi connectivity index (χ4n) is 3.19. The van der Waals surface area contributed by atoms with Gasteiger partial charge in [0, 0.05) is 12.7 Å². The second-order valence-corrected chi connectivity index (χ2v) is 5.99. The number of aryl methyl sites for hydroxylation is 2. The number of methoxy groups -OCH3 is 1. The van der Waals surface area contributed by atoms with Crippen LogP contribution in [-0.4, -0.2) is 21.7 Å². The molecule has 0 fully saturated rings. The summed E-state index contributed by atoms with van der Waals surface area (Å²) in [5, 5.41) is 2.49. The normalized spacial score (nSPS) is 10.9. The monoisotopic (exact) mass is 304 g/mol. The van der Waals surface area contributed by atoms with Gasteiger partial charge in [0.15, 0.2) is 6.79 Å². The molecule has 0 radical (unpaired) electrons. The van der Waals surface area contributed by atoms with E-state index in [1.165, 1.54) is 27.5 Å². The number of benzene rings is 3. The molecule has 0 aliphatic carbocycles. The van der Waals surface area contributed by atoms with E-state index in [9.17, 15) is 0 Å². The lowest BCUT2D eigenvalue weighted by atomic mass is 9.86. The molecule has 3 aromatic carbocycles. The van der Waals surface area contributed by atoms with Crippen LogP contribution in [0.25, 0.3) is 21.9 Å². The van der Waals surface area contributed by atoms with E-state index in [0.29, 0.717) is 0 Å². The van der Waals surface area contributed by atoms with E-state index < -0.39 is 0 Å². The Morgan fingerprint density at radius 3 is 2.57 bits per heavy atom. The lowest BCUT2D eigenvalue weighted by Crippen LogP contribution is -2.13. The maximum atomic E-state index is 5.91. The second kappa shape index (κ2) is 6.47. The zero-order chi connectivity index (χ0) is 16.4. The Morgan fingerprint density at radius 2 is 1.78 bits per heavy atom. The first kappa shape index (κ1) is 15.6. The van der Waals surface area contributed by atoms with E-state index >= 15 is 0 Å². The van der Waals surface area contributed by atoms with E-state index in [-0.39, 0.29) is 6.79 Å². The summed E-state index contributed by atoms with van der Waals surface area (Å²) in [7, 11) is 3.73. The molecule has 0 aromatic heterocycles. The Morgan fingerprint density at radius 1 is 1.00 bits per heavy atom. The Balaban J connectivity index is 2.32. The summed E-state index contributed by atoms with van der Waals surface area (Å²) in [6, 6.07) is 17.2. The largest absolute Gasteiger partial charge is 0.468 e. The van der Waals surface area contributed by atoms with Gasteiger partial charge >= 0.3 is 0 Å². The van der Waals surface area contributed by atoms with Gasteiger partial charge in [-0.1, -0.05) is 48.0 Å². The van der Waals surface area contributed by atoms with E-state index in [1.54, 1.807) is 7.11 Å². The minimum atomic E-state index is 0.251. The van der Waals surface area contributed by atoms with Crippen LogP contribution in [0.5, 0.6) is 5.75 Å². The molecule has 0 spiro atoms. The van der Waals surface area contributed by atoms with Crippen LogP contribution >= 0.6 is 0 Å². The highest BCUT2D eigenvalue weighted by Crippen LogP contribution is 2.37. The average Bonchev–Trinajstić information content (AvgIpc) is 2.53. The standard InChI is InChI=1S/C20H21BO2/c1-13-10-17(20(18(21)11-13)23-12-22-3)19-14(2)8-9-15-6-4-5-7-16(15)19/h4-11H,12,21H2,1-3H3. The van der Waals surface area contributed by atoms with Gasteiger partial charge in [0.05, 0.1) is 0 Å². The van der Waals surface area contributed by atoms with Gasteiger partial charge in [-0.3, -0.25) is 0 Å². The molecular formula is C20H21BO2. The molecule has 116 valence electrons. The third-order valence-corrected chi connectivity index (χ3v) is 4.15. The van der Waals surface area contributed by atoms with Crippen LogP contribution < -0.4 is 10.2 Å². The maximum absolute atomic E-state index is 5.91. The van der Waals surface area contributed by atoms with E-state index in [0.717, 1.165) is 16.8 Å². The average molecular weight is 304 g/mol. The van der Waals surface area contributed by atoms with Gasteiger partial charge in [0.2, 0.25) is 0 Å². The van der Waals surface area contributed by atoms with E-state index in [4.69, 9.17) is 9.47 Å². The molecular weight excluding hydrogens is 283 g/mol. The molecule has 0 unspecified atom stereocenters. The number of ether oxygens (including phenoxy) is 2. The van der Waals surface area contributed by atoms with Crippen molar-refractivity contribution in [1.29, 1.82) is 0 Å². The Bertz CT molecular complexity index is 856. The van der Waals surface area contributed by atoms with Crippen molar-refractivity contribution in [2.24, 2.45) is 0 Å². The highest BCUT2D eigenvalue weighted by atomic mass is 16.7. The third-order valence-electron chi connectivity index (χ3n) is 4.15. The highest BCUT2D eigenvalue weighted by Gasteiger charge is 2.15. The minimum Gasteiger partial charge on any atom is -0.468 e. The van der Waals surface area contributed by atoms with Crippen molar-refractivity contribution in [3.63, 3.8) is 0 Å². The lowest BCUT2D eigenvalue weighted by molar-refractivity contribution is 0.0523. The predicted molar refractivity (Wildman–Crippen MR) is 99.5 cm³/mol. The van der Waals surface area contributed by atoms with Crippen molar-refractivity contribution in [1.82, 2.24) is 0 Å². The lowest BCUT2D eigenvalue weighted by Gasteiger charge is -2.18. The van der Waals surface area contributed by atoms with Crippen molar-refractivity contribution in [3.8, 4) is 16.9 Å². The van der Waals surface area contributed by atoms with Crippen LogP contribution in [0.15, 0.2) is 48.5 Å². The molecule has 3 heteroatoms. The molecule has 0 N–H and O–H groups in total. The SMILES string of the molecule is Bc1cc(C)cc(-c2c(C)ccc3ccccc23)c1OCOC. The number of rotatable bonds is 4. The molecule has 0 bridgehead atoms. The predicted octanol–water partition coefficient (Wildman–Crippen LogP) is 3.36. The van der Waals surface area contributed by atoms with Crippen molar-refractivity contribution >= 4 is 24.1 Å². The minimum absolute atomic E-state index is 0.251. The van der Waals surface area contributed by atoms with Gasteiger partial charge in [-0.05, 0) is 47.3 Å². The van der Waals surface area contributed by atoms with Gasteiger partial charge in [0.25, 0.3) is 0 Å². The quantitative estimate of drug-likeness (QED) is 0.543. The van der Waals surface area contributed by atoms with Gasteiger partial charge in [-0.2, -0.15) is 0 Å². The van der Waals surface area contributed by atoms with E-state index in [1.807, 2.05) is 0 Å². The van der Waals surface area contributed by atoms with Crippen LogP contribution in [0.3, 0.4) is 0 Å². The zero-order valence-electron chi connectivity index (χ0n) is 14.1. The summed E-state index contributed by atoms with van der Waals surface area (Å²) in [5.41, 5.74) is 5.98. The second-order valence-electron chi connectivity index (χ2n) is 5.99. The first-order chi connectivity index (χ1) is 11.1. The van der Waals surface area contributed by atoms with Crippen LogP contribution in [0.1, 0.15) is 11.1 Å². The molecule has 3 aromatic rings. The van der Waals surface area contributed by atoms with Gasteiger partial charge in [-0.25, -0.2) is 0 Å². The van der Waals surface area contributed by atoms with Crippen molar-refractivity contribution in [2.75, 3.05) is 13.9 Å². The number of fused-ring (bicyclic) bond motifs is 1. The van der Waals surface area contributed by atoms with Crippen LogP contribution in [-0.2, 0) is 4.74 Å². The summed E-state index contributed by atoms with van der Waals surface area (Å²) in [5.74, 6) is 0.900. The summed E-state index contributed by atoms with van der Waals surface area (Å²) < 4.78 is 11.0. The number of hydrogen-bond donors (Lipinski definition) is 0. The maximum Gasteiger partial charge on any atom is 0.188 e. The van der Waals surface area contributed by atoms with Crippen molar-refractivity contribution in [2.45, 2.75) is 13.8 Å². The zero-order valence-corrected chi connectivity index (χ0v) is 14.1. The Kier molecular flexibility index (Phi) is 4.40. The first-order valence-electron chi connectivity index (χ1n) is 7.83. The third kappa shape index (κ3) is 2.97. The van der Waals surface area contributed by atoms with E-state index in [2.05, 4.69) is 70.2 Å². The molecule has 0 amide bonds. The van der Waals surface area contributed by atoms with Crippen LogP contribution in [0.4, 0.5) is 0 Å². The molecule has 0 aliphatic heterocycles. The first-order valence-corrected chi connectivity index (χ1v) is 7.83.